The number of furan rings is 1. The summed E-state index contributed by atoms with van der Waals surface area (Å²) < 4.78 is 73.9. The first-order valence-corrected chi connectivity index (χ1v) is 10.2. The molecule has 1 aromatic carbocycles. The second kappa shape index (κ2) is 7.96. The second-order valence-corrected chi connectivity index (χ2v) is 8.39. The number of hydrogen-bond donors (Lipinski definition) is 1. The molecule has 1 N–H and O–H groups in total. The maximum Gasteiger partial charge on any atom is 0.416 e. The first-order chi connectivity index (χ1) is 13.1. The Balaban J connectivity index is 1.67. The molecule has 1 aromatic heterocycles. The minimum absolute atomic E-state index is 0.0420. The van der Waals surface area contributed by atoms with Gasteiger partial charge < -0.3 is 14.5 Å². The molecule has 0 radical (unpaired) electrons. The summed E-state index contributed by atoms with van der Waals surface area (Å²) in [6.07, 6.45) is -2.93. The van der Waals surface area contributed by atoms with Crippen molar-refractivity contribution in [1.82, 2.24) is 5.32 Å². The van der Waals surface area contributed by atoms with Crippen molar-refractivity contribution in [2.24, 2.45) is 0 Å². The van der Waals surface area contributed by atoms with Crippen molar-refractivity contribution in [2.75, 3.05) is 13.2 Å². The number of sulfone groups is 1. The number of carbonyl (C=O) groups excluding carboxylic acids is 1. The summed E-state index contributed by atoms with van der Waals surface area (Å²) in [5.74, 6) is -1.29. The van der Waals surface area contributed by atoms with Gasteiger partial charge in [0.2, 0.25) is 0 Å². The molecule has 0 bridgehead atoms. The molecule has 0 spiro atoms. The number of amides is 1. The molecular formula is C18H18F3NO5S. The van der Waals surface area contributed by atoms with Crippen LogP contribution >= 0.6 is 0 Å². The first kappa shape index (κ1) is 20.4. The molecule has 1 unspecified atom stereocenters. The number of rotatable bonds is 6. The van der Waals surface area contributed by atoms with E-state index in [4.69, 9.17) is 9.15 Å². The normalized spacial score (nSPS) is 17.6. The van der Waals surface area contributed by atoms with Crippen LogP contribution in [0.3, 0.4) is 0 Å². The van der Waals surface area contributed by atoms with Crippen LogP contribution in [0, 0.1) is 0 Å². The number of carbonyl (C=O) groups is 1. The van der Waals surface area contributed by atoms with Gasteiger partial charge in [-0.2, -0.15) is 13.2 Å². The molecule has 1 amide bonds. The van der Waals surface area contributed by atoms with E-state index in [0.717, 1.165) is 31.0 Å². The molecule has 10 heteroatoms. The Morgan fingerprint density at radius 1 is 1.21 bits per heavy atom. The van der Waals surface area contributed by atoms with Crippen LogP contribution < -0.4 is 5.32 Å². The highest BCUT2D eigenvalue weighted by atomic mass is 32.2. The minimum atomic E-state index is -4.65. The van der Waals surface area contributed by atoms with Crippen molar-refractivity contribution in [2.45, 2.75) is 35.8 Å². The molecular weight excluding hydrogens is 399 g/mol. The van der Waals surface area contributed by atoms with Gasteiger partial charge in [0.05, 0.1) is 16.6 Å². The maximum absolute atomic E-state index is 12.8. The number of halogens is 3. The Bertz CT molecular complexity index is 946. The molecule has 1 aliphatic rings. The zero-order valence-corrected chi connectivity index (χ0v) is 15.5. The molecule has 1 saturated heterocycles. The van der Waals surface area contributed by atoms with Gasteiger partial charge in [-0.3, -0.25) is 4.79 Å². The zero-order chi connectivity index (χ0) is 20.4. The number of nitrogens with one attached hydrogen (secondary N) is 1. The third kappa shape index (κ3) is 4.93. The van der Waals surface area contributed by atoms with Crippen LogP contribution in [0.25, 0.3) is 0 Å². The van der Waals surface area contributed by atoms with E-state index in [-0.39, 0.29) is 17.6 Å². The smallest absolute Gasteiger partial charge is 0.416 e. The zero-order valence-electron chi connectivity index (χ0n) is 14.7. The molecule has 2 aromatic rings. The predicted octanol–water partition coefficient (Wildman–Crippen LogP) is 3.18. The van der Waals surface area contributed by atoms with E-state index in [2.05, 4.69) is 5.32 Å². The van der Waals surface area contributed by atoms with Gasteiger partial charge in [-0.1, -0.05) is 6.07 Å². The largest absolute Gasteiger partial charge is 0.455 e. The van der Waals surface area contributed by atoms with Gasteiger partial charge in [0.15, 0.2) is 15.6 Å². The van der Waals surface area contributed by atoms with Crippen LogP contribution in [0.1, 0.15) is 34.7 Å². The SMILES string of the molecule is O=C(NCC1CCCO1)c1ccc(CS(=O)(=O)c2cccc(C(F)(F)F)c2)o1. The van der Waals surface area contributed by atoms with Gasteiger partial charge in [-0.15, -0.1) is 0 Å². The van der Waals surface area contributed by atoms with Crippen molar-refractivity contribution < 1.29 is 35.5 Å². The van der Waals surface area contributed by atoms with Crippen LogP contribution in [0.5, 0.6) is 0 Å². The molecule has 6 nitrogen and oxygen atoms in total. The maximum atomic E-state index is 12.8. The number of benzene rings is 1. The van der Waals surface area contributed by atoms with E-state index >= 15 is 0 Å². The quantitative estimate of drug-likeness (QED) is 0.780. The molecule has 3 rings (SSSR count). The van der Waals surface area contributed by atoms with Crippen molar-refractivity contribution in [1.29, 1.82) is 0 Å². The molecule has 28 heavy (non-hydrogen) atoms. The fourth-order valence-corrected chi connectivity index (χ4v) is 4.10. The van der Waals surface area contributed by atoms with E-state index in [1.165, 1.54) is 12.1 Å². The third-order valence-corrected chi connectivity index (χ3v) is 5.89. The summed E-state index contributed by atoms with van der Waals surface area (Å²) in [6.45, 7) is 0.968. The predicted molar refractivity (Wildman–Crippen MR) is 92.3 cm³/mol. The number of alkyl halides is 3. The van der Waals surface area contributed by atoms with E-state index in [1.807, 2.05) is 0 Å². The third-order valence-electron chi connectivity index (χ3n) is 4.25. The van der Waals surface area contributed by atoms with Crippen molar-refractivity contribution in [3.63, 3.8) is 0 Å². The Morgan fingerprint density at radius 2 is 2.00 bits per heavy atom. The van der Waals surface area contributed by atoms with Crippen molar-refractivity contribution in [3.8, 4) is 0 Å². The Labute approximate surface area is 159 Å². The van der Waals surface area contributed by atoms with E-state index in [1.54, 1.807) is 0 Å². The first-order valence-electron chi connectivity index (χ1n) is 8.54. The van der Waals surface area contributed by atoms with Crippen LogP contribution in [0.4, 0.5) is 13.2 Å². The Hall–Kier alpha value is -2.33. The van der Waals surface area contributed by atoms with Gasteiger partial charge >= 0.3 is 6.18 Å². The highest BCUT2D eigenvalue weighted by Gasteiger charge is 2.32. The Kier molecular flexibility index (Phi) is 5.80. The monoisotopic (exact) mass is 417 g/mol. The molecule has 0 aliphatic carbocycles. The van der Waals surface area contributed by atoms with Crippen LogP contribution in [-0.2, 0) is 26.5 Å². The lowest BCUT2D eigenvalue weighted by atomic mass is 10.2. The second-order valence-electron chi connectivity index (χ2n) is 6.40. The summed E-state index contributed by atoms with van der Waals surface area (Å²) in [6, 6.07) is 6.12. The van der Waals surface area contributed by atoms with Crippen LogP contribution in [0.2, 0.25) is 0 Å². The van der Waals surface area contributed by atoms with Crippen molar-refractivity contribution >= 4 is 15.7 Å². The molecule has 1 atom stereocenters. The lowest BCUT2D eigenvalue weighted by Crippen LogP contribution is -2.31. The molecule has 0 saturated carbocycles. The summed E-state index contributed by atoms with van der Waals surface area (Å²) in [7, 11) is -4.08. The van der Waals surface area contributed by atoms with Gasteiger partial charge in [-0.25, -0.2) is 8.42 Å². The number of ether oxygens (including phenoxy) is 1. The fourth-order valence-electron chi connectivity index (χ4n) is 2.81. The van der Waals surface area contributed by atoms with E-state index < -0.39 is 38.1 Å². The average molecular weight is 417 g/mol. The number of hydrogen-bond acceptors (Lipinski definition) is 5. The molecule has 152 valence electrons. The Morgan fingerprint density at radius 3 is 2.68 bits per heavy atom. The minimum Gasteiger partial charge on any atom is -0.455 e. The highest BCUT2D eigenvalue weighted by Crippen LogP contribution is 2.31. The summed E-state index contributed by atoms with van der Waals surface area (Å²) in [5, 5.41) is 2.64. The van der Waals surface area contributed by atoms with Crippen LogP contribution in [0.15, 0.2) is 45.7 Å². The fraction of sp³-hybridized carbons (Fsp3) is 0.389. The molecule has 1 fully saturated rings. The molecule has 2 heterocycles. The van der Waals surface area contributed by atoms with Gasteiger partial charge in [0.25, 0.3) is 5.91 Å². The summed E-state index contributed by atoms with van der Waals surface area (Å²) >= 11 is 0. The standard InChI is InChI=1S/C18H18F3NO5S/c19-18(20,21)12-3-1-5-15(9-12)28(24,25)11-14-6-7-16(27-14)17(23)22-10-13-4-2-8-26-13/h1,3,5-7,9,13H,2,4,8,10-11H2,(H,22,23). The molecule has 1 aliphatic heterocycles. The topological polar surface area (TPSA) is 85.6 Å². The summed E-state index contributed by atoms with van der Waals surface area (Å²) in [5.41, 5.74) is -1.05. The summed E-state index contributed by atoms with van der Waals surface area (Å²) in [4.78, 5) is 11.6. The van der Waals surface area contributed by atoms with Gasteiger partial charge in [0, 0.05) is 13.2 Å². The van der Waals surface area contributed by atoms with E-state index in [0.29, 0.717) is 19.2 Å². The highest BCUT2D eigenvalue weighted by molar-refractivity contribution is 7.90. The average Bonchev–Trinajstić information content (AvgIpc) is 3.30. The lowest BCUT2D eigenvalue weighted by molar-refractivity contribution is -0.137. The van der Waals surface area contributed by atoms with Gasteiger partial charge in [0.1, 0.15) is 11.5 Å². The van der Waals surface area contributed by atoms with Crippen molar-refractivity contribution in [3.05, 3.63) is 53.5 Å². The van der Waals surface area contributed by atoms with E-state index in [9.17, 15) is 26.4 Å². The van der Waals surface area contributed by atoms with Gasteiger partial charge in [-0.05, 0) is 43.2 Å². The van der Waals surface area contributed by atoms with Crippen LogP contribution in [-0.4, -0.2) is 33.6 Å². The lowest BCUT2D eigenvalue weighted by Gasteiger charge is -2.09.